The second-order valence-corrected chi connectivity index (χ2v) is 3.76. The van der Waals surface area contributed by atoms with E-state index in [0.717, 1.165) is 5.56 Å². The van der Waals surface area contributed by atoms with Crippen LogP contribution < -0.4 is 10.3 Å². The van der Waals surface area contributed by atoms with Gasteiger partial charge in [0, 0.05) is 0 Å². The van der Waals surface area contributed by atoms with Crippen LogP contribution in [0.4, 0.5) is 0 Å². The lowest BCUT2D eigenvalue weighted by Gasteiger charge is -2.02. The highest BCUT2D eigenvalue weighted by molar-refractivity contribution is 5.43. The number of aromatic amines is 1. The van der Waals surface area contributed by atoms with Gasteiger partial charge in [-0.1, -0.05) is 29.8 Å². The summed E-state index contributed by atoms with van der Waals surface area (Å²) in [7, 11) is 0. The molecule has 2 aromatic rings. The standard InChI is InChI=1S/C12H12N2O3/c1-9-2-4-10(5-3-9)6-14-7-11(17-8-15)12(16)13-14/h2-5,7-8H,6H2,1H3,(H,13,16). The second-order valence-electron chi connectivity index (χ2n) is 3.76. The molecule has 0 spiro atoms. The Balaban J connectivity index is 2.18. The number of hydrogen-bond acceptors (Lipinski definition) is 3. The average Bonchev–Trinajstić information content (AvgIpc) is 2.63. The highest BCUT2D eigenvalue weighted by Crippen LogP contribution is 2.06. The van der Waals surface area contributed by atoms with Crippen LogP contribution in [0.1, 0.15) is 11.1 Å². The van der Waals surface area contributed by atoms with Crippen LogP contribution in [0, 0.1) is 6.92 Å². The zero-order chi connectivity index (χ0) is 12.3. The number of rotatable bonds is 4. The predicted octanol–water partition coefficient (Wildman–Crippen LogP) is 1.07. The Morgan fingerprint density at radius 2 is 2.06 bits per heavy atom. The molecule has 0 atom stereocenters. The maximum absolute atomic E-state index is 11.3. The van der Waals surface area contributed by atoms with Crippen molar-refractivity contribution in [1.29, 1.82) is 0 Å². The summed E-state index contributed by atoms with van der Waals surface area (Å²) < 4.78 is 6.10. The van der Waals surface area contributed by atoms with Gasteiger partial charge in [0.05, 0.1) is 12.7 Å². The summed E-state index contributed by atoms with van der Waals surface area (Å²) in [6.45, 7) is 2.77. The third-order valence-electron chi connectivity index (χ3n) is 2.39. The van der Waals surface area contributed by atoms with Crippen LogP contribution in [-0.4, -0.2) is 16.3 Å². The number of nitrogens with one attached hydrogen (secondary N) is 1. The van der Waals surface area contributed by atoms with Crippen LogP contribution in [-0.2, 0) is 11.3 Å². The minimum absolute atomic E-state index is 0.00658. The van der Waals surface area contributed by atoms with Crippen molar-refractivity contribution in [2.45, 2.75) is 13.5 Å². The van der Waals surface area contributed by atoms with Gasteiger partial charge in [-0.3, -0.25) is 19.4 Å². The van der Waals surface area contributed by atoms with E-state index >= 15 is 0 Å². The number of benzene rings is 1. The first-order chi connectivity index (χ1) is 8.19. The first-order valence-corrected chi connectivity index (χ1v) is 5.14. The molecule has 1 aromatic heterocycles. The van der Waals surface area contributed by atoms with Crippen LogP contribution in [0.3, 0.4) is 0 Å². The van der Waals surface area contributed by atoms with Crippen molar-refractivity contribution in [2.75, 3.05) is 0 Å². The number of nitrogens with zero attached hydrogens (tertiary/aromatic N) is 1. The lowest BCUT2D eigenvalue weighted by molar-refractivity contribution is -0.120. The fourth-order valence-corrected chi connectivity index (χ4v) is 1.53. The van der Waals surface area contributed by atoms with Gasteiger partial charge in [0.1, 0.15) is 0 Å². The fraction of sp³-hybridized carbons (Fsp3) is 0.167. The molecule has 0 unspecified atom stereocenters. The molecule has 0 saturated heterocycles. The van der Waals surface area contributed by atoms with Crippen molar-refractivity contribution in [3.63, 3.8) is 0 Å². The number of carbonyl (C=O) groups excluding carboxylic acids is 1. The molecule has 17 heavy (non-hydrogen) atoms. The van der Waals surface area contributed by atoms with Gasteiger partial charge < -0.3 is 4.74 Å². The molecule has 5 heteroatoms. The maximum Gasteiger partial charge on any atom is 0.307 e. The quantitative estimate of drug-likeness (QED) is 0.802. The van der Waals surface area contributed by atoms with Gasteiger partial charge in [0.2, 0.25) is 5.75 Å². The van der Waals surface area contributed by atoms with Crippen molar-refractivity contribution in [3.8, 4) is 5.75 Å². The van der Waals surface area contributed by atoms with Crippen molar-refractivity contribution >= 4 is 6.47 Å². The minimum Gasteiger partial charge on any atom is -0.421 e. The molecule has 2 rings (SSSR count). The number of carbonyl (C=O) groups is 1. The van der Waals surface area contributed by atoms with Gasteiger partial charge in [-0.05, 0) is 12.5 Å². The SMILES string of the molecule is Cc1ccc(Cn2cc(OC=O)c(=O)[nH]2)cc1. The van der Waals surface area contributed by atoms with Crippen LogP contribution >= 0.6 is 0 Å². The van der Waals surface area contributed by atoms with Crippen molar-refractivity contribution < 1.29 is 9.53 Å². The monoisotopic (exact) mass is 232 g/mol. The highest BCUT2D eigenvalue weighted by Gasteiger charge is 2.04. The molecule has 1 N–H and O–H groups in total. The number of ether oxygens (including phenoxy) is 1. The van der Waals surface area contributed by atoms with Crippen LogP contribution in [0.2, 0.25) is 0 Å². The van der Waals surface area contributed by atoms with Gasteiger partial charge in [-0.15, -0.1) is 0 Å². The molecule has 5 nitrogen and oxygen atoms in total. The zero-order valence-corrected chi connectivity index (χ0v) is 9.34. The van der Waals surface area contributed by atoms with E-state index in [1.165, 1.54) is 11.8 Å². The average molecular weight is 232 g/mol. The van der Waals surface area contributed by atoms with Gasteiger partial charge >= 0.3 is 5.56 Å². The van der Waals surface area contributed by atoms with E-state index in [-0.39, 0.29) is 12.2 Å². The smallest absolute Gasteiger partial charge is 0.307 e. The minimum atomic E-state index is -0.413. The Bertz CT molecular complexity index is 566. The van der Waals surface area contributed by atoms with E-state index in [9.17, 15) is 9.59 Å². The Hall–Kier alpha value is -2.30. The first-order valence-electron chi connectivity index (χ1n) is 5.14. The largest absolute Gasteiger partial charge is 0.421 e. The molecule has 0 saturated carbocycles. The first kappa shape index (κ1) is 11.2. The number of H-pyrrole nitrogens is 1. The van der Waals surface area contributed by atoms with Crippen molar-refractivity contribution in [2.24, 2.45) is 0 Å². The molecular weight excluding hydrogens is 220 g/mol. The van der Waals surface area contributed by atoms with E-state index in [1.54, 1.807) is 4.68 Å². The summed E-state index contributed by atoms with van der Waals surface area (Å²) in [5.74, 6) is 0.00658. The number of aromatic nitrogens is 2. The molecule has 0 aliphatic rings. The fourth-order valence-electron chi connectivity index (χ4n) is 1.53. The number of aryl methyl sites for hydroxylation is 1. The molecule has 0 fully saturated rings. The van der Waals surface area contributed by atoms with Crippen molar-refractivity contribution in [1.82, 2.24) is 9.78 Å². The lowest BCUT2D eigenvalue weighted by atomic mass is 10.1. The molecule has 1 aromatic carbocycles. The van der Waals surface area contributed by atoms with Gasteiger partial charge in [-0.2, -0.15) is 0 Å². The van der Waals surface area contributed by atoms with E-state index in [0.29, 0.717) is 6.54 Å². The van der Waals surface area contributed by atoms with Crippen LogP contribution in [0.25, 0.3) is 0 Å². The van der Waals surface area contributed by atoms with E-state index in [2.05, 4.69) is 9.84 Å². The third-order valence-corrected chi connectivity index (χ3v) is 2.39. The van der Waals surface area contributed by atoms with Gasteiger partial charge in [0.15, 0.2) is 0 Å². The Morgan fingerprint density at radius 1 is 1.35 bits per heavy atom. The molecule has 0 amide bonds. The van der Waals surface area contributed by atoms with Crippen molar-refractivity contribution in [3.05, 3.63) is 51.9 Å². The highest BCUT2D eigenvalue weighted by atomic mass is 16.5. The van der Waals surface area contributed by atoms with Crippen LogP contribution in [0.15, 0.2) is 35.3 Å². The molecule has 0 aliphatic heterocycles. The maximum atomic E-state index is 11.3. The van der Waals surface area contributed by atoms with E-state index in [4.69, 9.17) is 0 Å². The van der Waals surface area contributed by atoms with Gasteiger partial charge in [0.25, 0.3) is 6.47 Å². The molecular formula is C12H12N2O3. The van der Waals surface area contributed by atoms with Crippen LogP contribution in [0.5, 0.6) is 5.75 Å². The molecule has 88 valence electrons. The normalized spacial score (nSPS) is 10.2. The topological polar surface area (TPSA) is 64.1 Å². The summed E-state index contributed by atoms with van der Waals surface area (Å²) in [5, 5.41) is 2.57. The number of hydrogen-bond donors (Lipinski definition) is 1. The lowest BCUT2D eigenvalue weighted by Crippen LogP contribution is -2.07. The molecule has 0 aliphatic carbocycles. The van der Waals surface area contributed by atoms with E-state index < -0.39 is 5.56 Å². The Kier molecular flexibility index (Phi) is 3.09. The van der Waals surface area contributed by atoms with Gasteiger partial charge in [-0.25, -0.2) is 0 Å². The zero-order valence-electron chi connectivity index (χ0n) is 9.34. The third kappa shape index (κ3) is 2.63. The molecule has 0 radical (unpaired) electrons. The second kappa shape index (κ2) is 4.69. The predicted molar refractivity (Wildman–Crippen MR) is 62.0 cm³/mol. The van der Waals surface area contributed by atoms with E-state index in [1.807, 2.05) is 31.2 Å². The summed E-state index contributed by atoms with van der Waals surface area (Å²) in [5.41, 5.74) is 1.82. The molecule has 0 bridgehead atoms. The Labute approximate surface area is 97.6 Å². The summed E-state index contributed by atoms with van der Waals surface area (Å²) >= 11 is 0. The summed E-state index contributed by atoms with van der Waals surface area (Å²) in [6, 6.07) is 7.96. The molecule has 1 heterocycles. The Morgan fingerprint density at radius 3 is 2.71 bits per heavy atom. The summed E-state index contributed by atoms with van der Waals surface area (Å²) in [4.78, 5) is 21.5. The summed E-state index contributed by atoms with van der Waals surface area (Å²) in [6.07, 6.45) is 1.47.